The molecule has 0 bridgehead atoms. The Morgan fingerprint density at radius 2 is 2.30 bits per heavy atom. The fourth-order valence-electron chi connectivity index (χ4n) is 0.523. The van der Waals surface area contributed by atoms with E-state index in [0.717, 1.165) is 0 Å². The summed E-state index contributed by atoms with van der Waals surface area (Å²) < 4.78 is 1.36. The van der Waals surface area contributed by atoms with Gasteiger partial charge in [0.15, 0.2) is 0 Å². The van der Waals surface area contributed by atoms with Gasteiger partial charge in [-0.05, 0) is 9.91 Å². The number of rotatable bonds is 1. The van der Waals surface area contributed by atoms with Gasteiger partial charge in [0.2, 0.25) is 5.82 Å². The maximum atomic E-state index is 10.0. The van der Waals surface area contributed by atoms with Crippen molar-refractivity contribution in [2.75, 3.05) is 0 Å². The monoisotopic (exact) mass is 142 g/mol. The number of hydrogen-bond donors (Lipinski definition) is 0. The number of nitrogens with zero attached hydrogens (tertiary/aromatic N) is 4. The van der Waals surface area contributed by atoms with Crippen molar-refractivity contribution in [2.24, 2.45) is 7.05 Å². The van der Waals surface area contributed by atoms with E-state index in [2.05, 4.69) is 10.1 Å². The number of aromatic nitrogens is 3. The molecule has 6 heteroatoms. The molecule has 0 radical (unpaired) electrons. The molecule has 0 aliphatic carbocycles. The predicted octanol–water partition coefficient (Wildman–Crippen LogP) is 0.0317. The van der Waals surface area contributed by atoms with Crippen LogP contribution in [0.3, 0.4) is 0 Å². The zero-order valence-corrected chi connectivity index (χ0v) is 5.61. The van der Waals surface area contributed by atoms with Gasteiger partial charge in [0, 0.05) is 19.1 Å². The summed E-state index contributed by atoms with van der Waals surface area (Å²) in [6, 6.07) is 0. The van der Waals surface area contributed by atoms with Crippen molar-refractivity contribution < 1.29 is 4.92 Å². The van der Waals surface area contributed by atoms with E-state index in [1.165, 1.54) is 4.68 Å². The lowest BCUT2D eigenvalue weighted by Crippen LogP contribution is -1.93. The van der Waals surface area contributed by atoms with Crippen molar-refractivity contribution in [3.05, 3.63) is 15.9 Å². The van der Waals surface area contributed by atoms with E-state index < -0.39 is 4.92 Å². The molecule has 1 heterocycles. The minimum absolute atomic E-state index is 0.347. The van der Waals surface area contributed by atoms with Crippen LogP contribution in [-0.2, 0) is 7.05 Å². The Kier molecular flexibility index (Phi) is 1.37. The second-order valence-electron chi connectivity index (χ2n) is 1.84. The third-order valence-corrected chi connectivity index (χ3v) is 1.13. The highest BCUT2D eigenvalue weighted by Gasteiger charge is 2.14. The molecule has 0 aromatic carbocycles. The first-order chi connectivity index (χ1) is 4.61. The quantitative estimate of drug-likeness (QED) is 0.409. The SMILES string of the molecule is Cc1nc([N+](=O)[O-])nn1C. The van der Waals surface area contributed by atoms with E-state index in [1.807, 2.05) is 0 Å². The maximum Gasteiger partial charge on any atom is 0.491 e. The van der Waals surface area contributed by atoms with Gasteiger partial charge in [-0.3, -0.25) is 0 Å². The van der Waals surface area contributed by atoms with Crippen molar-refractivity contribution in [1.29, 1.82) is 0 Å². The lowest BCUT2D eigenvalue weighted by Gasteiger charge is -1.81. The Bertz CT molecular complexity index is 247. The van der Waals surface area contributed by atoms with E-state index in [-0.39, 0.29) is 5.95 Å². The normalized spacial score (nSPS) is 9.80. The number of nitro groups is 1. The summed E-state index contributed by atoms with van der Waals surface area (Å²) in [7, 11) is 1.61. The van der Waals surface area contributed by atoms with Gasteiger partial charge in [0.1, 0.15) is 0 Å². The molecule has 6 nitrogen and oxygen atoms in total. The average molecular weight is 142 g/mol. The third-order valence-electron chi connectivity index (χ3n) is 1.13. The Balaban J connectivity index is 3.10. The van der Waals surface area contributed by atoms with Gasteiger partial charge in [0.25, 0.3) is 0 Å². The van der Waals surface area contributed by atoms with Crippen molar-refractivity contribution in [2.45, 2.75) is 6.92 Å². The molecule has 1 aromatic rings. The zero-order chi connectivity index (χ0) is 7.72. The number of hydrogen-bond acceptors (Lipinski definition) is 4. The van der Waals surface area contributed by atoms with Crippen LogP contribution in [0.25, 0.3) is 0 Å². The van der Waals surface area contributed by atoms with Crippen LogP contribution in [-0.4, -0.2) is 19.7 Å². The Morgan fingerprint density at radius 1 is 1.70 bits per heavy atom. The molecule has 0 amide bonds. The summed E-state index contributed by atoms with van der Waals surface area (Å²) in [6.45, 7) is 1.65. The van der Waals surface area contributed by atoms with Crippen LogP contribution in [0.1, 0.15) is 5.82 Å². The van der Waals surface area contributed by atoms with E-state index in [0.29, 0.717) is 5.82 Å². The third kappa shape index (κ3) is 0.949. The van der Waals surface area contributed by atoms with Crippen LogP contribution < -0.4 is 0 Å². The molecule has 54 valence electrons. The van der Waals surface area contributed by atoms with Crippen LogP contribution in [0.2, 0.25) is 0 Å². The second-order valence-corrected chi connectivity index (χ2v) is 1.84. The van der Waals surface area contributed by atoms with Gasteiger partial charge in [-0.15, -0.1) is 0 Å². The molecule has 1 rings (SSSR count). The molecule has 0 atom stereocenters. The molecular formula is C4H6N4O2. The molecule has 0 fully saturated rings. The lowest BCUT2D eigenvalue weighted by molar-refractivity contribution is -0.394. The Labute approximate surface area is 56.6 Å². The topological polar surface area (TPSA) is 73.8 Å². The largest absolute Gasteiger partial charge is 0.491 e. The molecule has 1 aromatic heterocycles. The zero-order valence-electron chi connectivity index (χ0n) is 5.61. The summed E-state index contributed by atoms with van der Waals surface area (Å²) in [4.78, 5) is 13.0. The minimum atomic E-state index is -0.618. The molecule has 0 aliphatic heterocycles. The van der Waals surface area contributed by atoms with Gasteiger partial charge < -0.3 is 10.1 Å². The smallest absolute Gasteiger partial charge is 0.390 e. The highest BCUT2D eigenvalue weighted by atomic mass is 16.6. The van der Waals surface area contributed by atoms with Crippen LogP contribution in [0, 0.1) is 17.0 Å². The first-order valence-corrected chi connectivity index (χ1v) is 2.63. The van der Waals surface area contributed by atoms with E-state index in [1.54, 1.807) is 14.0 Å². The molecular weight excluding hydrogens is 136 g/mol. The molecule has 0 N–H and O–H groups in total. The first-order valence-electron chi connectivity index (χ1n) is 2.63. The molecule has 0 unspecified atom stereocenters. The van der Waals surface area contributed by atoms with Gasteiger partial charge in [-0.1, -0.05) is 0 Å². The molecule has 0 saturated carbocycles. The van der Waals surface area contributed by atoms with Crippen LogP contribution in [0.4, 0.5) is 5.95 Å². The maximum absolute atomic E-state index is 10.0. The van der Waals surface area contributed by atoms with Crippen LogP contribution >= 0.6 is 0 Å². The van der Waals surface area contributed by atoms with Crippen molar-refractivity contribution >= 4 is 5.95 Å². The summed E-state index contributed by atoms with van der Waals surface area (Å²) in [6.07, 6.45) is 0. The molecule has 0 saturated heterocycles. The van der Waals surface area contributed by atoms with Gasteiger partial charge in [-0.25, -0.2) is 0 Å². The van der Waals surface area contributed by atoms with Crippen molar-refractivity contribution in [3.63, 3.8) is 0 Å². The highest BCUT2D eigenvalue weighted by Crippen LogP contribution is 2.01. The summed E-state index contributed by atoms with van der Waals surface area (Å²) in [5.41, 5.74) is 0. The highest BCUT2D eigenvalue weighted by molar-refractivity contribution is 5.02. The number of aryl methyl sites for hydroxylation is 2. The second kappa shape index (κ2) is 2.05. The fourth-order valence-corrected chi connectivity index (χ4v) is 0.523. The minimum Gasteiger partial charge on any atom is -0.390 e. The Morgan fingerprint density at radius 3 is 2.50 bits per heavy atom. The molecule has 0 aliphatic rings. The van der Waals surface area contributed by atoms with Gasteiger partial charge in [0.05, 0.1) is 0 Å². The van der Waals surface area contributed by atoms with Crippen LogP contribution in [0.15, 0.2) is 0 Å². The van der Waals surface area contributed by atoms with Gasteiger partial charge in [-0.2, -0.15) is 4.68 Å². The molecule has 0 spiro atoms. The van der Waals surface area contributed by atoms with E-state index in [9.17, 15) is 10.1 Å². The molecule has 10 heavy (non-hydrogen) atoms. The van der Waals surface area contributed by atoms with E-state index in [4.69, 9.17) is 0 Å². The van der Waals surface area contributed by atoms with Crippen LogP contribution in [0.5, 0.6) is 0 Å². The average Bonchev–Trinajstić information content (AvgIpc) is 2.13. The fraction of sp³-hybridized carbons (Fsp3) is 0.500. The van der Waals surface area contributed by atoms with Crippen molar-refractivity contribution in [3.8, 4) is 0 Å². The predicted molar refractivity (Wildman–Crippen MR) is 32.4 cm³/mol. The van der Waals surface area contributed by atoms with E-state index >= 15 is 0 Å². The summed E-state index contributed by atoms with van der Waals surface area (Å²) >= 11 is 0. The first kappa shape index (κ1) is 6.66. The standard InChI is InChI=1S/C4H6N4O2/c1-3-5-4(8(9)10)6-7(3)2/h1-2H3. The van der Waals surface area contributed by atoms with Crippen molar-refractivity contribution in [1.82, 2.24) is 14.8 Å². The summed E-state index contributed by atoms with van der Waals surface area (Å²) in [5, 5.41) is 13.5. The summed E-state index contributed by atoms with van der Waals surface area (Å²) in [5.74, 6) is 0.187. The lowest BCUT2D eigenvalue weighted by atomic mass is 10.7. The Hall–Kier alpha value is -1.46. The van der Waals surface area contributed by atoms with Gasteiger partial charge >= 0.3 is 5.95 Å².